The van der Waals surface area contributed by atoms with Gasteiger partial charge in [-0.3, -0.25) is 4.90 Å². The van der Waals surface area contributed by atoms with Gasteiger partial charge in [-0.2, -0.15) is 4.98 Å². The first-order valence-corrected chi connectivity index (χ1v) is 13.1. The smallest absolute Gasteiger partial charge is 0.415 e. The summed E-state index contributed by atoms with van der Waals surface area (Å²) in [5.41, 5.74) is 3.71. The second-order valence-electron chi connectivity index (χ2n) is 9.25. The lowest BCUT2D eigenvalue weighted by molar-refractivity contribution is -0.145. The predicted molar refractivity (Wildman–Crippen MR) is 146 cm³/mol. The third-order valence-electron chi connectivity index (χ3n) is 6.36. The molecule has 0 aliphatic carbocycles. The number of nitrogens with zero attached hydrogens (tertiary/aromatic N) is 2. The summed E-state index contributed by atoms with van der Waals surface area (Å²) in [6.07, 6.45) is -0.139. The SMILES string of the molecule is CCOC(=O)COc1cccc(-c2cccc(CNCC[C@H]3CN(c4ccc5c(n4)OC(=O)CN5)C(=O)O3)c2)c1. The Kier molecular flexibility index (Phi) is 8.41. The number of carbonyl (C=O) groups excluding carboxylic acids is 3. The summed E-state index contributed by atoms with van der Waals surface area (Å²) in [6, 6.07) is 19.1. The topological polar surface area (TPSA) is 128 Å². The van der Waals surface area contributed by atoms with E-state index in [1.165, 1.54) is 4.90 Å². The van der Waals surface area contributed by atoms with Crippen molar-refractivity contribution >= 4 is 29.5 Å². The Hall–Kier alpha value is -4.64. The van der Waals surface area contributed by atoms with Crippen molar-refractivity contribution in [3.63, 3.8) is 0 Å². The quantitative estimate of drug-likeness (QED) is 0.272. The number of hydrogen-bond acceptors (Lipinski definition) is 10. The molecule has 3 aromatic rings. The summed E-state index contributed by atoms with van der Waals surface area (Å²) in [7, 11) is 0. The molecule has 2 aromatic carbocycles. The maximum Gasteiger partial charge on any atom is 0.415 e. The predicted octanol–water partition coefficient (Wildman–Crippen LogP) is 3.53. The van der Waals surface area contributed by atoms with Gasteiger partial charge in [0.25, 0.3) is 0 Å². The molecule has 1 amide bonds. The Bertz CT molecular complexity index is 1400. The van der Waals surface area contributed by atoms with Gasteiger partial charge in [-0.05, 0) is 66.9 Å². The molecular weight excluding hydrogens is 516 g/mol. The minimum Gasteiger partial charge on any atom is -0.482 e. The first kappa shape index (κ1) is 26.9. The molecule has 1 atom stereocenters. The van der Waals surface area contributed by atoms with Crippen molar-refractivity contribution in [2.75, 3.05) is 43.1 Å². The van der Waals surface area contributed by atoms with E-state index in [1.807, 2.05) is 36.4 Å². The van der Waals surface area contributed by atoms with Crippen molar-refractivity contribution in [2.45, 2.75) is 26.0 Å². The van der Waals surface area contributed by atoms with E-state index in [4.69, 9.17) is 18.9 Å². The average Bonchev–Trinajstić information content (AvgIpc) is 3.34. The van der Waals surface area contributed by atoms with Crippen LogP contribution in [-0.2, 0) is 25.6 Å². The molecule has 0 bridgehead atoms. The zero-order valence-corrected chi connectivity index (χ0v) is 22.1. The minimum absolute atomic E-state index is 0.0832. The number of hydrogen-bond donors (Lipinski definition) is 2. The van der Waals surface area contributed by atoms with E-state index >= 15 is 0 Å². The van der Waals surface area contributed by atoms with Crippen LogP contribution in [0.5, 0.6) is 11.6 Å². The Morgan fingerprint density at radius 1 is 1.12 bits per heavy atom. The van der Waals surface area contributed by atoms with E-state index in [2.05, 4.69) is 21.7 Å². The minimum atomic E-state index is -0.478. The van der Waals surface area contributed by atoms with Crippen LogP contribution in [0.15, 0.2) is 60.7 Å². The lowest BCUT2D eigenvalue weighted by atomic mass is 10.0. The van der Waals surface area contributed by atoms with Gasteiger partial charge >= 0.3 is 18.0 Å². The molecule has 208 valence electrons. The highest BCUT2D eigenvalue weighted by Gasteiger charge is 2.33. The van der Waals surface area contributed by atoms with E-state index < -0.39 is 18.0 Å². The van der Waals surface area contributed by atoms with Gasteiger partial charge in [-0.15, -0.1) is 0 Å². The highest BCUT2D eigenvalue weighted by atomic mass is 16.6. The summed E-state index contributed by atoms with van der Waals surface area (Å²) >= 11 is 0. The van der Waals surface area contributed by atoms with Crippen LogP contribution in [0.2, 0.25) is 0 Å². The van der Waals surface area contributed by atoms with E-state index in [-0.39, 0.29) is 25.1 Å². The van der Waals surface area contributed by atoms with Gasteiger partial charge < -0.3 is 29.6 Å². The number of aromatic nitrogens is 1. The van der Waals surface area contributed by atoms with E-state index in [9.17, 15) is 14.4 Å². The number of pyridine rings is 1. The Morgan fingerprint density at radius 2 is 1.95 bits per heavy atom. The van der Waals surface area contributed by atoms with Crippen molar-refractivity contribution in [1.82, 2.24) is 10.3 Å². The van der Waals surface area contributed by atoms with Gasteiger partial charge in [-0.25, -0.2) is 14.4 Å². The maximum atomic E-state index is 12.5. The van der Waals surface area contributed by atoms with Crippen molar-refractivity contribution in [1.29, 1.82) is 0 Å². The maximum absolute atomic E-state index is 12.5. The van der Waals surface area contributed by atoms with Crippen LogP contribution in [0.4, 0.5) is 16.3 Å². The number of benzene rings is 2. The Balaban J connectivity index is 1.11. The number of ether oxygens (including phenoxy) is 4. The highest BCUT2D eigenvalue weighted by Crippen LogP contribution is 2.30. The number of anilines is 2. The standard InChI is InChI=1S/C29H30N4O7/c1-2-37-27(35)18-38-22-8-4-7-21(14-22)20-6-3-5-19(13-20)15-30-12-11-23-17-33(29(36)39-23)25-10-9-24-28(32-25)40-26(34)16-31-24/h3-10,13-14,23,30-31H,2,11-12,15-18H2,1H3/t23-/m0/s1. The molecule has 2 aliphatic heterocycles. The van der Waals surface area contributed by atoms with Crippen molar-refractivity contribution < 1.29 is 33.3 Å². The molecule has 2 N–H and O–H groups in total. The van der Waals surface area contributed by atoms with Gasteiger partial charge in [0.2, 0.25) is 5.88 Å². The third kappa shape index (κ3) is 6.67. The van der Waals surface area contributed by atoms with E-state index in [0.717, 1.165) is 16.7 Å². The largest absolute Gasteiger partial charge is 0.482 e. The molecule has 0 spiro atoms. The summed E-state index contributed by atoms with van der Waals surface area (Å²) in [5.74, 6) is 0.301. The van der Waals surface area contributed by atoms with Crippen LogP contribution < -0.4 is 25.0 Å². The number of carbonyl (C=O) groups is 3. The molecule has 2 aliphatic rings. The lowest BCUT2D eigenvalue weighted by Crippen LogP contribution is -2.29. The number of rotatable bonds is 11. The molecule has 3 heterocycles. The zero-order valence-electron chi connectivity index (χ0n) is 22.1. The van der Waals surface area contributed by atoms with Gasteiger partial charge in [0.1, 0.15) is 24.2 Å². The zero-order chi connectivity index (χ0) is 27.9. The molecule has 5 rings (SSSR count). The number of esters is 2. The van der Waals surface area contributed by atoms with Crippen molar-refractivity contribution in [2.24, 2.45) is 0 Å². The van der Waals surface area contributed by atoms with Crippen molar-refractivity contribution in [3.05, 3.63) is 66.2 Å². The highest BCUT2D eigenvalue weighted by molar-refractivity contribution is 5.89. The van der Waals surface area contributed by atoms with Crippen molar-refractivity contribution in [3.8, 4) is 22.8 Å². The first-order valence-electron chi connectivity index (χ1n) is 13.1. The molecule has 0 radical (unpaired) electrons. The second-order valence-corrected chi connectivity index (χ2v) is 9.25. The normalized spacial score (nSPS) is 16.0. The fourth-order valence-corrected chi connectivity index (χ4v) is 4.43. The monoisotopic (exact) mass is 546 g/mol. The van der Waals surface area contributed by atoms with Gasteiger partial charge in [-0.1, -0.05) is 30.3 Å². The molecule has 1 aromatic heterocycles. The number of fused-ring (bicyclic) bond motifs is 1. The van der Waals surface area contributed by atoms with E-state index in [1.54, 1.807) is 25.1 Å². The summed E-state index contributed by atoms with van der Waals surface area (Å²) in [6.45, 7) is 3.67. The fraction of sp³-hybridized carbons (Fsp3) is 0.310. The number of nitrogens with one attached hydrogen (secondary N) is 2. The van der Waals surface area contributed by atoms with Crippen LogP contribution in [0.3, 0.4) is 0 Å². The second kappa shape index (κ2) is 12.5. The molecule has 11 nitrogen and oxygen atoms in total. The molecule has 0 unspecified atom stereocenters. The third-order valence-corrected chi connectivity index (χ3v) is 6.36. The van der Waals surface area contributed by atoms with E-state index in [0.29, 0.717) is 49.9 Å². The molecule has 0 saturated carbocycles. The van der Waals surface area contributed by atoms with Gasteiger partial charge in [0.05, 0.1) is 18.8 Å². The van der Waals surface area contributed by atoms with Crippen LogP contribution in [0, 0.1) is 0 Å². The summed E-state index contributed by atoms with van der Waals surface area (Å²) in [4.78, 5) is 41.3. The van der Waals surface area contributed by atoms with Crippen LogP contribution in [0.1, 0.15) is 18.9 Å². The summed E-state index contributed by atoms with van der Waals surface area (Å²) in [5, 5.41) is 6.34. The average molecular weight is 547 g/mol. The van der Waals surface area contributed by atoms with Crippen LogP contribution in [-0.4, -0.2) is 62.0 Å². The lowest BCUT2D eigenvalue weighted by Gasteiger charge is -2.19. The number of cyclic esters (lactones) is 1. The molecule has 1 fully saturated rings. The Morgan fingerprint density at radius 3 is 2.80 bits per heavy atom. The fourth-order valence-electron chi connectivity index (χ4n) is 4.43. The first-order chi connectivity index (χ1) is 19.5. The molecule has 1 saturated heterocycles. The van der Waals surface area contributed by atoms with Crippen LogP contribution >= 0.6 is 0 Å². The molecule has 11 heteroatoms. The van der Waals surface area contributed by atoms with Crippen LogP contribution in [0.25, 0.3) is 11.1 Å². The Labute approximate surface area is 231 Å². The van der Waals surface area contributed by atoms with Gasteiger partial charge in [0.15, 0.2) is 6.61 Å². The van der Waals surface area contributed by atoms with Gasteiger partial charge in [0, 0.05) is 6.54 Å². The number of amides is 1. The summed E-state index contributed by atoms with van der Waals surface area (Å²) < 4.78 is 21.2. The molecular formula is C29H30N4O7. The molecule has 40 heavy (non-hydrogen) atoms.